The van der Waals surface area contributed by atoms with Crippen molar-refractivity contribution in [3.05, 3.63) is 35.6 Å². The Hall–Kier alpha value is -0.930. The van der Waals surface area contributed by atoms with E-state index in [0.29, 0.717) is 19.1 Å². The zero-order chi connectivity index (χ0) is 12.8. The van der Waals surface area contributed by atoms with E-state index in [2.05, 4.69) is 4.90 Å². The third kappa shape index (κ3) is 3.53. The average Bonchev–Trinajstić information content (AvgIpc) is 2.42. The summed E-state index contributed by atoms with van der Waals surface area (Å²) in [5.74, 6) is -0.142. The minimum atomic E-state index is -0.142. The monoisotopic (exact) mass is 251 g/mol. The van der Waals surface area contributed by atoms with Crippen molar-refractivity contribution >= 4 is 0 Å². The third-order valence-corrected chi connectivity index (χ3v) is 3.81. The van der Waals surface area contributed by atoms with Gasteiger partial charge in [0.15, 0.2) is 0 Å². The molecule has 0 amide bonds. The Morgan fingerprint density at radius 1 is 1.17 bits per heavy atom. The second kappa shape index (κ2) is 6.86. The lowest BCUT2D eigenvalue weighted by molar-refractivity contribution is 0.116. The van der Waals surface area contributed by atoms with Crippen molar-refractivity contribution in [2.24, 2.45) is 0 Å². The van der Waals surface area contributed by atoms with Crippen molar-refractivity contribution in [1.82, 2.24) is 4.90 Å². The van der Waals surface area contributed by atoms with Gasteiger partial charge in [0.1, 0.15) is 5.82 Å². The van der Waals surface area contributed by atoms with E-state index in [1.807, 2.05) is 12.1 Å². The Morgan fingerprint density at radius 2 is 1.89 bits per heavy atom. The quantitative estimate of drug-likeness (QED) is 0.869. The van der Waals surface area contributed by atoms with Crippen molar-refractivity contribution in [1.29, 1.82) is 0 Å². The molecule has 0 aromatic heterocycles. The predicted molar refractivity (Wildman–Crippen MR) is 70.8 cm³/mol. The molecule has 1 aliphatic rings. The topological polar surface area (TPSA) is 23.5 Å². The van der Waals surface area contributed by atoms with Gasteiger partial charge in [-0.2, -0.15) is 0 Å². The van der Waals surface area contributed by atoms with E-state index in [0.717, 1.165) is 5.56 Å². The number of hydrogen-bond acceptors (Lipinski definition) is 2. The Morgan fingerprint density at radius 3 is 2.56 bits per heavy atom. The highest BCUT2D eigenvalue weighted by molar-refractivity contribution is 5.17. The molecule has 0 radical (unpaired) electrons. The van der Waals surface area contributed by atoms with Crippen LogP contribution < -0.4 is 0 Å². The second-order valence-corrected chi connectivity index (χ2v) is 5.08. The SMILES string of the molecule is OCCN(Cc1ccccc1F)C1CCCCC1. The van der Waals surface area contributed by atoms with Gasteiger partial charge in [0.2, 0.25) is 0 Å². The van der Waals surface area contributed by atoms with Crippen LogP contribution in [0, 0.1) is 5.82 Å². The number of nitrogens with zero attached hydrogens (tertiary/aromatic N) is 1. The molecule has 18 heavy (non-hydrogen) atoms. The molecular weight excluding hydrogens is 229 g/mol. The Balaban J connectivity index is 2.03. The molecule has 1 aromatic rings. The van der Waals surface area contributed by atoms with Gasteiger partial charge >= 0.3 is 0 Å². The van der Waals surface area contributed by atoms with E-state index in [1.165, 1.54) is 38.2 Å². The molecular formula is C15H22FNO. The molecule has 0 spiro atoms. The van der Waals surface area contributed by atoms with Crippen molar-refractivity contribution < 1.29 is 9.50 Å². The molecule has 3 heteroatoms. The molecule has 1 saturated carbocycles. The maximum Gasteiger partial charge on any atom is 0.127 e. The van der Waals surface area contributed by atoms with Crippen molar-refractivity contribution in [3.8, 4) is 0 Å². The lowest BCUT2D eigenvalue weighted by atomic mass is 9.94. The number of halogens is 1. The van der Waals surface area contributed by atoms with Gasteiger partial charge in [-0.15, -0.1) is 0 Å². The summed E-state index contributed by atoms with van der Waals surface area (Å²) in [6.07, 6.45) is 6.17. The molecule has 2 rings (SSSR count). The van der Waals surface area contributed by atoms with Crippen LogP contribution >= 0.6 is 0 Å². The van der Waals surface area contributed by atoms with Gasteiger partial charge in [0.25, 0.3) is 0 Å². The van der Waals surface area contributed by atoms with Crippen molar-refractivity contribution in [3.63, 3.8) is 0 Å². The highest BCUT2D eigenvalue weighted by Crippen LogP contribution is 2.24. The molecule has 0 atom stereocenters. The van der Waals surface area contributed by atoms with Crippen molar-refractivity contribution in [2.45, 2.75) is 44.7 Å². The Kier molecular flexibility index (Phi) is 5.14. The van der Waals surface area contributed by atoms with Gasteiger partial charge < -0.3 is 5.11 Å². The van der Waals surface area contributed by atoms with Gasteiger partial charge in [-0.25, -0.2) is 4.39 Å². The lowest BCUT2D eigenvalue weighted by Crippen LogP contribution is -2.38. The van der Waals surface area contributed by atoms with Gasteiger partial charge in [-0.1, -0.05) is 37.5 Å². The van der Waals surface area contributed by atoms with Crippen molar-refractivity contribution in [2.75, 3.05) is 13.2 Å². The zero-order valence-corrected chi connectivity index (χ0v) is 10.8. The summed E-state index contributed by atoms with van der Waals surface area (Å²) in [6, 6.07) is 7.44. The number of aliphatic hydroxyl groups excluding tert-OH is 1. The van der Waals surface area contributed by atoms with Gasteiger partial charge in [-0.3, -0.25) is 4.90 Å². The fourth-order valence-corrected chi connectivity index (χ4v) is 2.81. The lowest BCUT2D eigenvalue weighted by Gasteiger charge is -2.34. The van der Waals surface area contributed by atoms with E-state index in [-0.39, 0.29) is 12.4 Å². The summed E-state index contributed by atoms with van der Waals surface area (Å²) in [5, 5.41) is 9.18. The summed E-state index contributed by atoms with van der Waals surface area (Å²) in [7, 11) is 0. The van der Waals surface area contributed by atoms with E-state index in [9.17, 15) is 9.50 Å². The maximum absolute atomic E-state index is 13.7. The molecule has 0 unspecified atom stereocenters. The highest BCUT2D eigenvalue weighted by atomic mass is 19.1. The Labute approximate surface area is 108 Å². The fourth-order valence-electron chi connectivity index (χ4n) is 2.81. The van der Waals surface area contributed by atoms with Crippen LogP contribution in [-0.4, -0.2) is 29.2 Å². The smallest absolute Gasteiger partial charge is 0.127 e. The standard InChI is InChI=1S/C15H22FNO/c16-15-9-5-4-6-13(15)12-17(10-11-18)14-7-2-1-3-8-14/h4-6,9,14,18H,1-3,7-8,10-12H2. The molecule has 1 N–H and O–H groups in total. The van der Waals surface area contributed by atoms with E-state index < -0.39 is 0 Å². The Bertz CT molecular complexity index is 363. The van der Waals surface area contributed by atoms with Crippen LogP contribution in [0.3, 0.4) is 0 Å². The minimum absolute atomic E-state index is 0.142. The molecule has 100 valence electrons. The van der Waals surface area contributed by atoms with Crippen LogP contribution in [0.1, 0.15) is 37.7 Å². The average molecular weight is 251 g/mol. The van der Waals surface area contributed by atoms with Gasteiger partial charge in [-0.05, 0) is 18.9 Å². The van der Waals surface area contributed by atoms with E-state index in [4.69, 9.17) is 0 Å². The largest absolute Gasteiger partial charge is 0.395 e. The normalized spacial score (nSPS) is 17.3. The number of benzene rings is 1. The number of hydrogen-bond donors (Lipinski definition) is 1. The molecule has 2 nitrogen and oxygen atoms in total. The van der Waals surface area contributed by atoms with Crippen LogP contribution in [0.15, 0.2) is 24.3 Å². The number of rotatable bonds is 5. The molecule has 1 aliphatic carbocycles. The molecule has 1 aromatic carbocycles. The first-order valence-corrected chi connectivity index (χ1v) is 6.89. The second-order valence-electron chi connectivity index (χ2n) is 5.08. The molecule has 0 saturated heterocycles. The first kappa shape index (κ1) is 13.5. The van der Waals surface area contributed by atoms with Crippen LogP contribution in [0.2, 0.25) is 0 Å². The molecule has 1 fully saturated rings. The van der Waals surface area contributed by atoms with Crippen LogP contribution in [0.25, 0.3) is 0 Å². The summed E-state index contributed by atoms with van der Waals surface area (Å²) in [4.78, 5) is 2.23. The molecule has 0 heterocycles. The highest BCUT2D eigenvalue weighted by Gasteiger charge is 2.21. The summed E-state index contributed by atoms with van der Waals surface area (Å²) >= 11 is 0. The van der Waals surface area contributed by atoms with Crippen LogP contribution in [0.4, 0.5) is 4.39 Å². The number of aliphatic hydroxyl groups is 1. The predicted octanol–water partition coefficient (Wildman–Crippen LogP) is 2.95. The fraction of sp³-hybridized carbons (Fsp3) is 0.600. The molecule has 0 bridgehead atoms. The van der Waals surface area contributed by atoms with E-state index in [1.54, 1.807) is 6.07 Å². The summed E-state index contributed by atoms with van der Waals surface area (Å²) < 4.78 is 13.7. The maximum atomic E-state index is 13.7. The summed E-state index contributed by atoms with van der Waals surface area (Å²) in [6.45, 7) is 1.39. The zero-order valence-electron chi connectivity index (χ0n) is 10.8. The van der Waals surface area contributed by atoms with Gasteiger partial charge in [0.05, 0.1) is 6.61 Å². The van der Waals surface area contributed by atoms with E-state index >= 15 is 0 Å². The van der Waals surface area contributed by atoms with Gasteiger partial charge in [0, 0.05) is 24.7 Å². The van der Waals surface area contributed by atoms with Crippen LogP contribution in [-0.2, 0) is 6.54 Å². The minimum Gasteiger partial charge on any atom is -0.395 e. The van der Waals surface area contributed by atoms with Crippen LogP contribution in [0.5, 0.6) is 0 Å². The first-order chi connectivity index (χ1) is 8.81. The summed E-state index contributed by atoms with van der Waals surface area (Å²) in [5.41, 5.74) is 0.733. The third-order valence-electron chi connectivity index (χ3n) is 3.81. The first-order valence-electron chi connectivity index (χ1n) is 6.89. The molecule has 0 aliphatic heterocycles.